The monoisotopic (exact) mass is 299 g/mol. The minimum absolute atomic E-state index is 0.320. The molecule has 1 N–H and O–H groups in total. The maximum Gasteiger partial charge on any atom is 0.266 e. The number of aryl methyl sites for hydroxylation is 3. The van der Waals surface area contributed by atoms with Crippen molar-refractivity contribution in [3.63, 3.8) is 0 Å². The van der Waals surface area contributed by atoms with Gasteiger partial charge in [-0.15, -0.1) is 0 Å². The summed E-state index contributed by atoms with van der Waals surface area (Å²) >= 11 is 3.92. The van der Waals surface area contributed by atoms with Crippen molar-refractivity contribution in [1.82, 2.24) is 9.78 Å². The van der Waals surface area contributed by atoms with Crippen molar-refractivity contribution in [2.24, 2.45) is 7.05 Å². The fourth-order valence-corrected chi connectivity index (χ4v) is 2.81. The van der Waals surface area contributed by atoms with E-state index in [1.807, 2.05) is 19.1 Å². The third kappa shape index (κ3) is 2.65. The average molecular weight is 300 g/mol. The summed E-state index contributed by atoms with van der Waals surface area (Å²) in [6.07, 6.45) is 0. The second kappa shape index (κ2) is 5.32. The predicted molar refractivity (Wildman–Crippen MR) is 77.0 cm³/mol. The molecule has 102 valence electrons. The molecule has 1 atom stereocenters. The first kappa shape index (κ1) is 14.0. The maximum absolute atomic E-state index is 11.6. The Bertz CT molecular complexity index is 625. The summed E-state index contributed by atoms with van der Waals surface area (Å²) in [5, 5.41) is 4.47. The molecule has 2 rings (SSSR count). The summed E-state index contributed by atoms with van der Waals surface area (Å²) in [5.74, 6) is 0. The first-order valence-electron chi connectivity index (χ1n) is 5.58. The smallest absolute Gasteiger partial charge is 0.266 e. The normalized spacial score (nSPS) is 12.5. The van der Waals surface area contributed by atoms with E-state index in [1.165, 1.54) is 8.99 Å². The van der Waals surface area contributed by atoms with Crippen LogP contribution in [0, 0.1) is 13.8 Å². The fourth-order valence-electron chi connectivity index (χ4n) is 1.83. The number of hydrogen-bond donors (Lipinski definition) is 1. The van der Waals surface area contributed by atoms with Gasteiger partial charge in [0.15, 0.2) is 5.15 Å². The fraction of sp³-hybridized carbons (Fsp3) is 0.250. The lowest BCUT2D eigenvalue weighted by atomic mass is 10.2. The van der Waals surface area contributed by atoms with Gasteiger partial charge >= 0.3 is 0 Å². The summed E-state index contributed by atoms with van der Waals surface area (Å²) in [5.41, 5.74) is 2.69. The third-order valence-corrected chi connectivity index (χ3v) is 3.88. The number of benzene rings is 1. The number of aromatic nitrogens is 2. The molecule has 7 heteroatoms. The number of rotatable bonds is 3. The Kier molecular flexibility index (Phi) is 3.93. The first-order valence-corrected chi connectivity index (χ1v) is 7.03. The molecule has 1 aromatic carbocycles. The molecule has 0 amide bonds. The molecule has 5 nitrogen and oxygen atoms in total. The van der Waals surface area contributed by atoms with Crippen LogP contribution in [0.1, 0.15) is 11.3 Å². The van der Waals surface area contributed by atoms with E-state index >= 15 is 0 Å². The summed E-state index contributed by atoms with van der Waals surface area (Å²) in [6, 6.07) is 7.28. The Morgan fingerprint density at radius 2 is 1.89 bits per heavy atom. The molecule has 1 aromatic heterocycles. The van der Waals surface area contributed by atoms with Gasteiger partial charge < -0.3 is 0 Å². The van der Waals surface area contributed by atoms with E-state index in [1.54, 1.807) is 26.1 Å². The zero-order valence-electron chi connectivity index (χ0n) is 10.8. The molecule has 0 saturated carbocycles. The van der Waals surface area contributed by atoms with Gasteiger partial charge in [0, 0.05) is 7.05 Å². The molecular weight excluding hydrogens is 286 g/mol. The molecule has 0 saturated heterocycles. The van der Waals surface area contributed by atoms with Gasteiger partial charge in [-0.3, -0.25) is 9.23 Å². The van der Waals surface area contributed by atoms with E-state index in [0.29, 0.717) is 22.2 Å². The maximum atomic E-state index is 11.6. The topological polar surface area (TPSA) is 58.4 Å². The second-order valence-electron chi connectivity index (χ2n) is 4.21. The predicted octanol–water partition coefficient (Wildman–Crippen LogP) is 2.97. The number of nitrogens with zero attached hydrogens (tertiary/aromatic N) is 3. The highest BCUT2D eigenvalue weighted by Crippen LogP contribution is 2.35. The van der Waals surface area contributed by atoms with E-state index in [0.717, 1.165) is 5.56 Å². The quantitative estimate of drug-likeness (QED) is 0.887. The van der Waals surface area contributed by atoms with Crippen LogP contribution < -0.4 is 4.31 Å². The van der Waals surface area contributed by atoms with Gasteiger partial charge in [0.25, 0.3) is 11.3 Å². The third-order valence-electron chi connectivity index (χ3n) is 2.75. The largest absolute Gasteiger partial charge is 0.289 e. The summed E-state index contributed by atoms with van der Waals surface area (Å²) in [7, 11) is 1.69. The Hall–Kier alpha value is -1.37. The van der Waals surface area contributed by atoms with Crippen LogP contribution >= 0.6 is 11.6 Å². The Balaban J connectivity index is 2.58. The first-order chi connectivity index (χ1) is 8.91. The van der Waals surface area contributed by atoms with E-state index in [4.69, 9.17) is 11.6 Å². The van der Waals surface area contributed by atoms with Crippen LogP contribution in [0.2, 0.25) is 5.15 Å². The lowest BCUT2D eigenvalue weighted by molar-refractivity contribution is 0.564. The zero-order valence-corrected chi connectivity index (χ0v) is 12.4. The molecule has 0 aliphatic carbocycles. The van der Waals surface area contributed by atoms with Crippen LogP contribution in [0.4, 0.5) is 11.4 Å². The SMILES string of the molecule is Cc1ccc(N(c2c(C)nn(C)c2Cl)S(=O)O)cc1. The standard InChI is InChI=1S/C12H14ClN3O2S/c1-8-4-6-10(7-5-8)16(19(17)18)11-9(2)14-15(3)12(11)13/h4-7H,1-3H3,(H,17,18). The summed E-state index contributed by atoms with van der Waals surface area (Å²) in [6.45, 7) is 3.70. The van der Waals surface area contributed by atoms with E-state index < -0.39 is 11.3 Å². The van der Waals surface area contributed by atoms with Gasteiger partial charge in [-0.1, -0.05) is 29.3 Å². The molecule has 2 aromatic rings. The molecule has 1 unspecified atom stereocenters. The van der Waals surface area contributed by atoms with Crippen LogP contribution in [0.15, 0.2) is 24.3 Å². The van der Waals surface area contributed by atoms with Gasteiger partial charge in [-0.25, -0.2) is 8.51 Å². The molecule has 0 spiro atoms. The van der Waals surface area contributed by atoms with Crippen molar-refractivity contribution in [3.05, 3.63) is 40.7 Å². The lowest BCUT2D eigenvalue weighted by Crippen LogP contribution is -2.20. The highest BCUT2D eigenvalue weighted by molar-refractivity contribution is 7.81. The Labute approximate surface area is 119 Å². The van der Waals surface area contributed by atoms with Crippen molar-refractivity contribution < 1.29 is 8.76 Å². The minimum Gasteiger partial charge on any atom is -0.289 e. The van der Waals surface area contributed by atoms with Crippen molar-refractivity contribution in [3.8, 4) is 0 Å². The number of anilines is 2. The summed E-state index contributed by atoms with van der Waals surface area (Å²) < 4.78 is 23.9. The van der Waals surface area contributed by atoms with E-state index in [9.17, 15) is 8.76 Å². The Morgan fingerprint density at radius 3 is 2.32 bits per heavy atom. The van der Waals surface area contributed by atoms with Gasteiger partial charge in [-0.05, 0) is 26.0 Å². The van der Waals surface area contributed by atoms with Crippen molar-refractivity contribution in [2.45, 2.75) is 13.8 Å². The van der Waals surface area contributed by atoms with Gasteiger partial charge in [0.05, 0.1) is 11.4 Å². The molecule has 19 heavy (non-hydrogen) atoms. The van der Waals surface area contributed by atoms with Gasteiger partial charge in [-0.2, -0.15) is 5.10 Å². The van der Waals surface area contributed by atoms with Crippen molar-refractivity contribution in [2.75, 3.05) is 4.31 Å². The van der Waals surface area contributed by atoms with Crippen LogP contribution in [0.25, 0.3) is 0 Å². The molecule has 1 heterocycles. The number of halogens is 1. The average Bonchev–Trinajstić information content (AvgIpc) is 2.58. The van der Waals surface area contributed by atoms with Crippen LogP contribution in [-0.2, 0) is 18.3 Å². The van der Waals surface area contributed by atoms with Crippen LogP contribution in [-0.4, -0.2) is 18.5 Å². The molecule has 0 bridgehead atoms. The molecular formula is C12H14ClN3O2S. The van der Waals surface area contributed by atoms with Gasteiger partial charge in [0.1, 0.15) is 5.69 Å². The van der Waals surface area contributed by atoms with Crippen molar-refractivity contribution >= 4 is 34.2 Å². The van der Waals surface area contributed by atoms with Gasteiger partial charge in [0.2, 0.25) is 0 Å². The molecule has 0 aliphatic rings. The molecule has 0 fully saturated rings. The second-order valence-corrected chi connectivity index (χ2v) is 5.39. The van der Waals surface area contributed by atoms with Crippen LogP contribution in [0.5, 0.6) is 0 Å². The number of hydrogen-bond acceptors (Lipinski definition) is 2. The highest BCUT2D eigenvalue weighted by Gasteiger charge is 2.23. The highest BCUT2D eigenvalue weighted by atomic mass is 35.5. The minimum atomic E-state index is -2.22. The molecule has 0 aliphatic heterocycles. The zero-order chi connectivity index (χ0) is 14.2. The summed E-state index contributed by atoms with van der Waals surface area (Å²) in [4.78, 5) is 0. The van der Waals surface area contributed by atoms with Crippen molar-refractivity contribution in [1.29, 1.82) is 0 Å². The Morgan fingerprint density at radius 1 is 1.32 bits per heavy atom. The molecule has 0 radical (unpaired) electrons. The van der Waals surface area contributed by atoms with Crippen LogP contribution in [0.3, 0.4) is 0 Å². The van der Waals surface area contributed by atoms with E-state index in [2.05, 4.69) is 5.10 Å². The van der Waals surface area contributed by atoms with E-state index in [-0.39, 0.29) is 0 Å². The lowest BCUT2D eigenvalue weighted by Gasteiger charge is -2.19.